The molecule has 2 rings (SSSR count). The van der Waals surface area contributed by atoms with E-state index in [0.717, 1.165) is 30.1 Å². The van der Waals surface area contributed by atoms with Crippen molar-refractivity contribution in [2.45, 2.75) is 6.42 Å². The first-order valence-corrected chi connectivity index (χ1v) is 7.90. The minimum atomic E-state index is 0.495. The van der Waals surface area contributed by atoms with Crippen LogP contribution in [0.2, 0.25) is 0 Å². The lowest BCUT2D eigenvalue weighted by molar-refractivity contribution is 0.567. The summed E-state index contributed by atoms with van der Waals surface area (Å²) >= 11 is 3.53. The molecule has 1 aromatic carbocycles. The molecule has 1 saturated heterocycles. The van der Waals surface area contributed by atoms with E-state index < -0.39 is 0 Å². The van der Waals surface area contributed by atoms with Crippen LogP contribution in [0.3, 0.4) is 0 Å². The van der Waals surface area contributed by atoms with Crippen LogP contribution in [0.4, 0.5) is 5.69 Å². The van der Waals surface area contributed by atoms with Crippen LogP contribution in [-0.2, 0) is 0 Å². The summed E-state index contributed by atoms with van der Waals surface area (Å²) in [5.74, 6) is 3.94. The van der Waals surface area contributed by atoms with Crippen molar-refractivity contribution in [2.75, 3.05) is 38.1 Å². The van der Waals surface area contributed by atoms with E-state index >= 15 is 0 Å². The third-order valence-electron chi connectivity index (χ3n) is 3.60. The van der Waals surface area contributed by atoms with Gasteiger partial charge in [0.15, 0.2) is 5.96 Å². The van der Waals surface area contributed by atoms with Crippen molar-refractivity contribution in [1.29, 1.82) is 0 Å². The van der Waals surface area contributed by atoms with Gasteiger partial charge in [0.1, 0.15) is 0 Å². The molecule has 1 aliphatic heterocycles. The molecule has 112 valence electrons. The van der Waals surface area contributed by atoms with Gasteiger partial charge in [-0.1, -0.05) is 27.9 Å². The summed E-state index contributed by atoms with van der Waals surface area (Å²) in [6.07, 6.45) is 6.42. The SMILES string of the molecule is C#CCNC(=NC)NCC1CCN(c2cccc(Br)c2)C1. The maximum atomic E-state index is 5.24. The molecule has 0 spiro atoms. The van der Waals surface area contributed by atoms with Gasteiger partial charge in [-0.05, 0) is 30.5 Å². The quantitative estimate of drug-likeness (QED) is 0.497. The standard InChI is InChI=1S/C16H21BrN4/c1-3-8-19-16(18-2)20-11-13-7-9-21(12-13)15-6-4-5-14(17)10-15/h1,4-6,10,13H,7-9,11-12H2,2H3,(H2,18,19,20). The lowest BCUT2D eigenvalue weighted by Gasteiger charge is -2.19. The van der Waals surface area contributed by atoms with E-state index in [-0.39, 0.29) is 0 Å². The Morgan fingerprint density at radius 1 is 1.52 bits per heavy atom. The molecule has 0 radical (unpaired) electrons. The van der Waals surface area contributed by atoms with E-state index in [4.69, 9.17) is 6.42 Å². The van der Waals surface area contributed by atoms with Crippen LogP contribution in [0.15, 0.2) is 33.7 Å². The van der Waals surface area contributed by atoms with Gasteiger partial charge in [-0.3, -0.25) is 4.99 Å². The molecule has 2 N–H and O–H groups in total. The van der Waals surface area contributed by atoms with Crippen LogP contribution < -0.4 is 15.5 Å². The zero-order chi connectivity index (χ0) is 15.1. The molecule has 5 heteroatoms. The largest absolute Gasteiger partial charge is 0.371 e. The summed E-state index contributed by atoms with van der Waals surface area (Å²) in [6.45, 7) is 3.57. The lowest BCUT2D eigenvalue weighted by atomic mass is 10.1. The lowest BCUT2D eigenvalue weighted by Crippen LogP contribution is -2.40. The number of guanidine groups is 1. The zero-order valence-electron chi connectivity index (χ0n) is 12.3. The van der Waals surface area contributed by atoms with Gasteiger partial charge in [-0.25, -0.2) is 0 Å². The van der Waals surface area contributed by atoms with E-state index in [0.29, 0.717) is 12.5 Å². The number of nitrogens with zero attached hydrogens (tertiary/aromatic N) is 2. The van der Waals surface area contributed by atoms with Gasteiger partial charge in [0.05, 0.1) is 6.54 Å². The van der Waals surface area contributed by atoms with Gasteiger partial charge in [-0.15, -0.1) is 6.42 Å². The molecular weight excluding hydrogens is 328 g/mol. The van der Waals surface area contributed by atoms with Gasteiger partial charge < -0.3 is 15.5 Å². The first-order valence-electron chi connectivity index (χ1n) is 7.11. The van der Waals surface area contributed by atoms with Gasteiger partial charge in [0.25, 0.3) is 0 Å². The Labute approximate surface area is 135 Å². The molecule has 1 aromatic rings. The third kappa shape index (κ3) is 4.68. The number of terminal acetylenes is 1. The summed E-state index contributed by atoms with van der Waals surface area (Å²) in [6, 6.07) is 8.47. The highest BCUT2D eigenvalue weighted by Gasteiger charge is 2.22. The number of hydrogen-bond acceptors (Lipinski definition) is 2. The second-order valence-electron chi connectivity index (χ2n) is 5.09. The highest BCUT2D eigenvalue weighted by Crippen LogP contribution is 2.25. The molecule has 21 heavy (non-hydrogen) atoms. The van der Waals surface area contributed by atoms with Gasteiger partial charge in [0.2, 0.25) is 0 Å². The monoisotopic (exact) mass is 348 g/mol. The molecular formula is C16H21BrN4. The maximum Gasteiger partial charge on any atom is 0.191 e. The van der Waals surface area contributed by atoms with Crippen LogP contribution in [0, 0.1) is 18.3 Å². The second kappa shape index (κ2) is 7.94. The molecule has 1 aliphatic rings. The van der Waals surface area contributed by atoms with Gasteiger partial charge in [0, 0.05) is 36.8 Å². The molecule has 0 bridgehead atoms. The molecule has 0 amide bonds. The van der Waals surface area contributed by atoms with Crippen molar-refractivity contribution in [1.82, 2.24) is 10.6 Å². The molecule has 1 unspecified atom stereocenters. The van der Waals surface area contributed by atoms with Crippen molar-refractivity contribution < 1.29 is 0 Å². The molecule has 0 saturated carbocycles. The fourth-order valence-electron chi connectivity index (χ4n) is 2.50. The Morgan fingerprint density at radius 3 is 3.10 bits per heavy atom. The Kier molecular flexibility index (Phi) is 5.94. The Hall–Kier alpha value is -1.67. The minimum Gasteiger partial charge on any atom is -0.371 e. The van der Waals surface area contributed by atoms with Gasteiger partial charge >= 0.3 is 0 Å². The number of aliphatic imine (C=N–C) groups is 1. The van der Waals surface area contributed by atoms with E-state index in [1.165, 1.54) is 12.1 Å². The van der Waals surface area contributed by atoms with Crippen LogP contribution in [0.1, 0.15) is 6.42 Å². The highest BCUT2D eigenvalue weighted by molar-refractivity contribution is 9.10. The molecule has 1 atom stereocenters. The highest BCUT2D eigenvalue weighted by atomic mass is 79.9. The minimum absolute atomic E-state index is 0.495. The number of nitrogens with one attached hydrogen (secondary N) is 2. The van der Waals surface area contributed by atoms with Crippen molar-refractivity contribution in [3.8, 4) is 12.3 Å². The smallest absolute Gasteiger partial charge is 0.191 e. The van der Waals surface area contributed by atoms with Crippen molar-refractivity contribution in [3.05, 3.63) is 28.7 Å². The first kappa shape index (κ1) is 15.7. The number of rotatable bonds is 4. The van der Waals surface area contributed by atoms with Crippen molar-refractivity contribution in [3.63, 3.8) is 0 Å². The Bertz CT molecular complexity index is 535. The summed E-state index contributed by atoms with van der Waals surface area (Å²) in [5.41, 5.74) is 1.28. The topological polar surface area (TPSA) is 39.7 Å². The maximum absolute atomic E-state index is 5.24. The van der Waals surface area contributed by atoms with Crippen molar-refractivity contribution >= 4 is 27.6 Å². The summed E-state index contributed by atoms with van der Waals surface area (Å²) in [5, 5.41) is 6.41. The predicted octanol–water partition coefficient (Wildman–Crippen LogP) is 2.07. The summed E-state index contributed by atoms with van der Waals surface area (Å²) < 4.78 is 1.13. The van der Waals surface area contributed by atoms with Crippen LogP contribution in [0.25, 0.3) is 0 Å². The van der Waals surface area contributed by atoms with E-state index in [9.17, 15) is 0 Å². The normalized spacial score (nSPS) is 18.4. The Balaban J connectivity index is 1.82. The Morgan fingerprint density at radius 2 is 2.38 bits per heavy atom. The predicted molar refractivity (Wildman–Crippen MR) is 92.7 cm³/mol. The molecule has 4 nitrogen and oxygen atoms in total. The molecule has 0 aliphatic carbocycles. The summed E-state index contributed by atoms with van der Waals surface area (Å²) in [4.78, 5) is 6.58. The van der Waals surface area contributed by atoms with Gasteiger partial charge in [-0.2, -0.15) is 0 Å². The van der Waals surface area contributed by atoms with Crippen molar-refractivity contribution in [2.24, 2.45) is 10.9 Å². The first-order chi connectivity index (χ1) is 10.2. The molecule has 1 heterocycles. The van der Waals surface area contributed by atoms with Crippen LogP contribution in [-0.4, -0.2) is 39.2 Å². The molecule has 0 aromatic heterocycles. The fraction of sp³-hybridized carbons (Fsp3) is 0.438. The van der Waals surface area contributed by atoms with E-state index in [2.05, 4.69) is 66.6 Å². The number of benzene rings is 1. The van der Waals surface area contributed by atoms with E-state index in [1.807, 2.05) is 0 Å². The van der Waals surface area contributed by atoms with E-state index in [1.54, 1.807) is 7.05 Å². The average molecular weight is 349 g/mol. The fourth-order valence-corrected chi connectivity index (χ4v) is 2.89. The van der Waals surface area contributed by atoms with Crippen LogP contribution >= 0.6 is 15.9 Å². The average Bonchev–Trinajstić information content (AvgIpc) is 2.96. The number of hydrogen-bond donors (Lipinski definition) is 2. The molecule has 1 fully saturated rings. The number of halogens is 1. The third-order valence-corrected chi connectivity index (χ3v) is 4.09. The van der Waals surface area contributed by atoms with Crippen LogP contribution in [0.5, 0.6) is 0 Å². The number of anilines is 1. The summed E-state index contributed by atoms with van der Waals surface area (Å²) in [7, 11) is 1.76. The second-order valence-corrected chi connectivity index (χ2v) is 6.01. The zero-order valence-corrected chi connectivity index (χ0v) is 13.9.